The van der Waals surface area contributed by atoms with Crippen molar-refractivity contribution in [1.29, 1.82) is 0 Å². The van der Waals surface area contributed by atoms with E-state index in [4.69, 9.17) is 17.3 Å². The van der Waals surface area contributed by atoms with E-state index in [2.05, 4.69) is 9.55 Å². The van der Waals surface area contributed by atoms with Gasteiger partial charge in [-0.1, -0.05) is 24.4 Å². The number of hydrogen-bond acceptors (Lipinski definition) is 2. The Balaban J connectivity index is 2.35. The Morgan fingerprint density at radius 3 is 2.64 bits per heavy atom. The largest absolute Gasteiger partial charge is 0.332 e. The van der Waals surface area contributed by atoms with Gasteiger partial charge < -0.3 is 10.3 Å². The molecule has 0 unspecified atom stereocenters. The lowest BCUT2D eigenvalue weighted by Gasteiger charge is -2.11. The van der Waals surface area contributed by atoms with Crippen molar-refractivity contribution in [2.75, 3.05) is 0 Å². The van der Waals surface area contributed by atoms with Gasteiger partial charge >= 0.3 is 0 Å². The fraction of sp³-hybridized carbons (Fsp3) is 0.700. The fourth-order valence-corrected chi connectivity index (χ4v) is 2.73. The van der Waals surface area contributed by atoms with Crippen LogP contribution in [-0.4, -0.2) is 9.55 Å². The topological polar surface area (TPSA) is 43.8 Å². The van der Waals surface area contributed by atoms with Gasteiger partial charge in [0.1, 0.15) is 5.82 Å². The molecular weight excluding hydrogens is 198 g/mol. The molecule has 0 radical (unpaired) electrons. The van der Waals surface area contributed by atoms with Gasteiger partial charge in [-0.25, -0.2) is 4.98 Å². The van der Waals surface area contributed by atoms with E-state index in [-0.39, 0.29) is 0 Å². The Labute approximate surface area is 89.3 Å². The lowest BCUT2D eigenvalue weighted by Crippen LogP contribution is -2.08. The van der Waals surface area contributed by atoms with Gasteiger partial charge in [-0.05, 0) is 12.8 Å². The van der Waals surface area contributed by atoms with Crippen LogP contribution in [0.5, 0.6) is 0 Å². The van der Waals surface area contributed by atoms with Crippen molar-refractivity contribution in [3.05, 3.63) is 16.7 Å². The quantitative estimate of drug-likeness (QED) is 0.819. The highest BCUT2D eigenvalue weighted by atomic mass is 35.5. The lowest BCUT2D eigenvalue weighted by molar-refractivity contribution is 0.641. The van der Waals surface area contributed by atoms with E-state index in [0.29, 0.717) is 17.6 Å². The van der Waals surface area contributed by atoms with Gasteiger partial charge in [0.2, 0.25) is 0 Å². The fourth-order valence-electron chi connectivity index (χ4n) is 2.35. The molecule has 0 amide bonds. The van der Waals surface area contributed by atoms with Crippen LogP contribution in [0.3, 0.4) is 0 Å². The number of hydrogen-bond donors (Lipinski definition) is 1. The molecule has 1 aliphatic rings. The van der Waals surface area contributed by atoms with E-state index in [0.717, 1.165) is 5.82 Å². The zero-order valence-electron chi connectivity index (χ0n) is 8.46. The number of halogens is 1. The second kappa shape index (κ2) is 3.91. The Bertz CT molecular complexity index is 326. The summed E-state index contributed by atoms with van der Waals surface area (Å²) in [7, 11) is 2.01. The molecule has 1 heterocycles. The van der Waals surface area contributed by atoms with E-state index in [1.165, 1.54) is 31.4 Å². The van der Waals surface area contributed by atoms with Crippen LogP contribution in [-0.2, 0) is 13.6 Å². The summed E-state index contributed by atoms with van der Waals surface area (Å²) in [5.74, 6) is 1.48. The van der Waals surface area contributed by atoms with Gasteiger partial charge in [0, 0.05) is 13.0 Å². The Hall–Kier alpha value is -0.540. The molecular formula is C10H16ClN3. The predicted octanol–water partition coefficient (Wildman–Crippen LogP) is 2.19. The van der Waals surface area contributed by atoms with E-state index in [1.807, 2.05) is 7.05 Å². The van der Waals surface area contributed by atoms with E-state index < -0.39 is 0 Å². The van der Waals surface area contributed by atoms with Crippen LogP contribution >= 0.6 is 11.6 Å². The van der Waals surface area contributed by atoms with Gasteiger partial charge in [0.15, 0.2) is 5.15 Å². The summed E-state index contributed by atoms with van der Waals surface area (Å²) in [6.45, 7) is 0.461. The van der Waals surface area contributed by atoms with Crippen molar-refractivity contribution < 1.29 is 0 Å². The SMILES string of the molecule is Cn1c(CN)nc(Cl)c1C1CCCC1. The first-order valence-corrected chi connectivity index (χ1v) is 5.53. The summed E-state index contributed by atoms with van der Waals surface area (Å²) >= 11 is 6.12. The molecule has 1 fully saturated rings. The monoisotopic (exact) mass is 213 g/mol. The highest BCUT2D eigenvalue weighted by molar-refractivity contribution is 6.30. The smallest absolute Gasteiger partial charge is 0.150 e. The molecule has 0 spiro atoms. The Kier molecular flexibility index (Phi) is 2.79. The van der Waals surface area contributed by atoms with Crippen molar-refractivity contribution in [1.82, 2.24) is 9.55 Å². The van der Waals surface area contributed by atoms with Crippen molar-refractivity contribution in [2.24, 2.45) is 12.8 Å². The van der Waals surface area contributed by atoms with Crippen molar-refractivity contribution >= 4 is 11.6 Å². The first-order valence-electron chi connectivity index (χ1n) is 5.15. The summed E-state index contributed by atoms with van der Waals surface area (Å²) in [6.07, 6.45) is 5.10. The lowest BCUT2D eigenvalue weighted by atomic mass is 10.1. The van der Waals surface area contributed by atoms with Crippen LogP contribution in [0.25, 0.3) is 0 Å². The molecule has 4 heteroatoms. The van der Waals surface area contributed by atoms with Crippen LogP contribution in [0.4, 0.5) is 0 Å². The maximum absolute atomic E-state index is 6.12. The highest BCUT2D eigenvalue weighted by Gasteiger charge is 2.24. The van der Waals surface area contributed by atoms with Crippen molar-refractivity contribution in [3.8, 4) is 0 Å². The molecule has 0 saturated heterocycles. The second-order valence-corrected chi connectivity index (χ2v) is 4.31. The summed E-state index contributed by atoms with van der Waals surface area (Å²) in [6, 6.07) is 0. The molecule has 1 aliphatic carbocycles. The van der Waals surface area contributed by atoms with E-state index >= 15 is 0 Å². The Morgan fingerprint density at radius 1 is 1.50 bits per heavy atom. The predicted molar refractivity (Wildman–Crippen MR) is 57.3 cm³/mol. The standard InChI is InChI=1S/C10H16ClN3/c1-14-8(6-12)13-10(11)9(14)7-4-2-3-5-7/h7H,2-6,12H2,1H3. The molecule has 78 valence electrons. The molecule has 0 bridgehead atoms. The summed E-state index contributed by atoms with van der Waals surface area (Å²) in [5.41, 5.74) is 6.77. The number of rotatable bonds is 2. The van der Waals surface area contributed by atoms with Crippen LogP contribution in [0, 0.1) is 0 Å². The summed E-state index contributed by atoms with van der Waals surface area (Å²) in [4.78, 5) is 4.28. The maximum Gasteiger partial charge on any atom is 0.150 e. The molecule has 2 rings (SSSR count). The number of imidazole rings is 1. The third-order valence-corrected chi connectivity index (χ3v) is 3.39. The average Bonchev–Trinajstić information content (AvgIpc) is 2.74. The molecule has 1 saturated carbocycles. The summed E-state index contributed by atoms with van der Waals surface area (Å²) in [5, 5.41) is 0.653. The number of nitrogens with two attached hydrogens (primary N) is 1. The first-order chi connectivity index (χ1) is 6.74. The van der Waals surface area contributed by atoms with Crippen LogP contribution in [0.1, 0.15) is 43.1 Å². The average molecular weight is 214 g/mol. The molecule has 14 heavy (non-hydrogen) atoms. The third kappa shape index (κ3) is 1.55. The minimum atomic E-state index is 0.461. The van der Waals surface area contributed by atoms with E-state index in [9.17, 15) is 0 Å². The molecule has 1 aromatic heterocycles. The maximum atomic E-state index is 6.12. The second-order valence-electron chi connectivity index (χ2n) is 3.95. The number of nitrogens with zero attached hydrogens (tertiary/aromatic N) is 2. The van der Waals surface area contributed by atoms with Gasteiger partial charge in [0.25, 0.3) is 0 Å². The van der Waals surface area contributed by atoms with Crippen LogP contribution < -0.4 is 5.73 Å². The normalized spacial score (nSPS) is 17.9. The number of aromatic nitrogens is 2. The van der Waals surface area contributed by atoms with Gasteiger partial charge in [-0.2, -0.15) is 0 Å². The van der Waals surface area contributed by atoms with E-state index in [1.54, 1.807) is 0 Å². The molecule has 0 aliphatic heterocycles. The molecule has 0 atom stereocenters. The highest BCUT2D eigenvalue weighted by Crippen LogP contribution is 2.37. The molecule has 0 aromatic carbocycles. The molecule has 2 N–H and O–H groups in total. The zero-order chi connectivity index (χ0) is 10.1. The minimum Gasteiger partial charge on any atom is -0.332 e. The third-order valence-electron chi connectivity index (χ3n) is 3.11. The van der Waals surface area contributed by atoms with Gasteiger partial charge in [-0.3, -0.25) is 0 Å². The van der Waals surface area contributed by atoms with Crippen molar-refractivity contribution in [2.45, 2.75) is 38.1 Å². The van der Waals surface area contributed by atoms with Crippen LogP contribution in [0.2, 0.25) is 5.15 Å². The summed E-state index contributed by atoms with van der Waals surface area (Å²) < 4.78 is 2.07. The first kappa shape index (κ1) is 9.99. The van der Waals surface area contributed by atoms with Crippen molar-refractivity contribution in [3.63, 3.8) is 0 Å². The van der Waals surface area contributed by atoms with Gasteiger partial charge in [0.05, 0.1) is 12.2 Å². The van der Waals surface area contributed by atoms with Crippen LogP contribution in [0.15, 0.2) is 0 Å². The minimum absolute atomic E-state index is 0.461. The Morgan fingerprint density at radius 2 is 2.14 bits per heavy atom. The zero-order valence-corrected chi connectivity index (χ0v) is 9.22. The molecule has 1 aromatic rings. The van der Waals surface area contributed by atoms with Gasteiger partial charge in [-0.15, -0.1) is 0 Å². The molecule has 3 nitrogen and oxygen atoms in total.